The summed E-state index contributed by atoms with van der Waals surface area (Å²) in [6, 6.07) is 4.58. The van der Waals surface area contributed by atoms with Crippen LogP contribution < -0.4 is 21.2 Å². The Labute approximate surface area is 190 Å². The summed E-state index contributed by atoms with van der Waals surface area (Å²) < 4.78 is 19.2. The van der Waals surface area contributed by atoms with Crippen LogP contribution in [0.2, 0.25) is 5.02 Å². The van der Waals surface area contributed by atoms with Crippen LogP contribution in [0.5, 0.6) is 0 Å². The number of anilines is 2. The van der Waals surface area contributed by atoms with Crippen molar-refractivity contribution in [2.45, 2.75) is 31.0 Å². The van der Waals surface area contributed by atoms with Crippen molar-refractivity contribution in [3.05, 3.63) is 58.6 Å². The minimum absolute atomic E-state index is 0.0292. The Morgan fingerprint density at radius 3 is 2.78 bits per heavy atom. The second kappa shape index (κ2) is 9.77. The van der Waals surface area contributed by atoms with E-state index in [4.69, 9.17) is 16.3 Å². The second-order valence-electron chi connectivity index (χ2n) is 7.80. The molecule has 1 aliphatic carbocycles. The van der Waals surface area contributed by atoms with Crippen LogP contribution in [0.3, 0.4) is 0 Å². The van der Waals surface area contributed by atoms with E-state index in [1.807, 2.05) is 11.0 Å². The Hall–Kier alpha value is -2.81. The molecule has 168 valence electrons. The summed E-state index contributed by atoms with van der Waals surface area (Å²) in [5, 5.41) is 8.49. The molecule has 1 fully saturated rings. The molecule has 2 atom stereocenters. The van der Waals surface area contributed by atoms with E-state index >= 15 is 0 Å². The van der Waals surface area contributed by atoms with Crippen molar-refractivity contribution >= 4 is 41.2 Å². The van der Waals surface area contributed by atoms with Gasteiger partial charge in [0.2, 0.25) is 5.91 Å². The van der Waals surface area contributed by atoms with Crippen molar-refractivity contribution in [1.82, 2.24) is 20.2 Å². The van der Waals surface area contributed by atoms with E-state index in [9.17, 15) is 9.18 Å². The Bertz CT molecular complexity index is 1130. The summed E-state index contributed by atoms with van der Waals surface area (Å²) in [5.41, 5.74) is 0.628. The lowest BCUT2D eigenvalue weighted by atomic mass is 9.99. The van der Waals surface area contributed by atoms with Crippen molar-refractivity contribution in [2.75, 3.05) is 25.5 Å². The molecule has 2 heterocycles. The van der Waals surface area contributed by atoms with Crippen LogP contribution >= 0.6 is 11.6 Å². The summed E-state index contributed by atoms with van der Waals surface area (Å²) in [6.45, 7) is 4.94. The fraction of sp³-hybridized carbons (Fsp3) is 0.348. The molecule has 9 heteroatoms. The van der Waals surface area contributed by atoms with Crippen molar-refractivity contribution in [2.24, 2.45) is 0 Å². The van der Waals surface area contributed by atoms with Crippen molar-refractivity contribution in [1.29, 1.82) is 0 Å². The highest BCUT2D eigenvalue weighted by Gasteiger charge is 2.27. The molecule has 2 aromatic rings. The first-order valence-electron chi connectivity index (χ1n) is 10.5. The van der Waals surface area contributed by atoms with E-state index in [1.54, 1.807) is 13.2 Å². The molecule has 1 amide bonds. The number of benzene rings is 1. The van der Waals surface area contributed by atoms with Gasteiger partial charge in [-0.3, -0.25) is 4.79 Å². The SMILES string of the molecule is C=CC(=O)N1CCC(NC2C=c3c(Nc4ccc(F)c(Cl)c4)ncnc3=CC2OC)CC1. The number of fused-ring (bicyclic) bond motifs is 1. The topological polar surface area (TPSA) is 79.4 Å². The van der Waals surface area contributed by atoms with E-state index in [-0.39, 0.29) is 29.1 Å². The van der Waals surface area contributed by atoms with Crippen molar-refractivity contribution < 1.29 is 13.9 Å². The smallest absolute Gasteiger partial charge is 0.245 e. The summed E-state index contributed by atoms with van der Waals surface area (Å²) in [4.78, 5) is 22.4. The fourth-order valence-electron chi connectivity index (χ4n) is 4.08. The molecule has 1 aromatic carbocycles. The molecular formula is C23H25ClFN5O2. The number of hydrogen-bond donors (Lipinski definition) is 2. The fourth-order valence-corrected chi connectivity index (χ4v) is 4.26. The zero-order valence-electron chi connectivity index (χ0n) is 17.7. The van der Waals surface area contributed by atoms with Gasteiger partial charge in [0.1, 0.15) is 18.0 Å². The maximum absolute atomic E-state index is 13.5. The maximum Gasteiger partial charge on any atom is 0.245 e. The first-order valence-corrected chi connectivity index (χ1v) is 10.8. The second-order valence-corrected chi connectivity index (χ2v) is 8.21. The Morgan fingerprint density at radius 2 is 2.09 bits per heavy atom. The van der Waals surface area contributed by atoms with Gasteiger partial charge in [-0.05, 0) is 43.2 Å². The van der Waals surface area contributed by atoms with Crippen LogP contribution in [0, 0.1) is 5.82 Å². The highest BCUT2D eigenvalue weighted by molar-refractivity contribution is 6.31. The number of methoxy groups -OCH3 is 1. The number of hydrogen-bond acceptors (Lipinski definition) is 6. The highest BCUT2D eigenvalue weighted by atomic mass is 35.5. The lowest BCUT2D eigenvalue weighted by Gasteiger charge is -2.35. The number of carbonyl (C=O) groups excluding carboxylic acids is 1. The zero-order valence-corrected chi connectivity index (χ0v) is 18.5. The van der Waals surface area contributed by atoms with Gasteiger partial charge in [0, 0.05) is 37.1 Å². The van der Waals surface area contributed by atoms with Crippen LogP contribution in [0.4, 0.5) is 15.9 Å². The number of nitrogens with zero attached hydrogens (tertiary/aromatic N) is 3. The first kappa shape index (κ1) is 22.4. The molecule has 0 bridgehead atoms. The number of aromatic nitrogens is 2. The Kier molecular flexibility index (Phi) is 6.83. The van der Waals surface area contributed by atoms with Gasteiger partial charge in [0.15, 0.2) is 0 Å². The Morgan fingerprint density at radius 1 is 1.31 bits per heavy atom. The lowest BCUT2D eigenvalue weighted by Crippen LogP contribution is -2.53. The molecule has 2 N–H and O–H groups in total. The molecule has 1 aromatic heterocycles. The molecule has 7 nitrogen and oxygen atoms in total. The number of amides is 1. The van der Waals surface area contributed by atoms with Crippen LogP contribution in [-0.4, -0.2) is 59.2 Å². The number of ether oxygens (including phenoxy) is 1. The quantitative estimate of drug-likeness (QED) is 0.643. The van der Waals surface area contributed by atoms with Crippen LogP contribution in [-0.2, 0) is 9.53 Å². The summed E-state index contributed by atoms with van der Waals surface area (Å²) >= 11 is 5.91. The standard InChI is InChI=1S/C23H25ClFN5O2/c1-3-22(31)30-8-6-14(7-9-30)28-20-11-16-19(12-21(20)32-2)26-13-27-23(16)29-15-4-5-18(25)17(24)10-15/h3-5,10-14,20-21,28H,1,6-9H2,2H3,(H,26,27,29). The van der Waals surface area contributed by atoms with Crippen LogP contribution in [0.15, 0.2) is 37.2 Å². The molecule has 1 aliphatic heterocycles. The van der Waals surface area contributed by atoms with E-state index in [2.05, 4.69) is 33.3 Å². The predicted molar refractivity (Wildman–Crippen MR) is 122 cm³/mol. The Balaban J connectivity index is 1.56. The third-order valence-electron chi connectivity index (χ3n) is 5.80. The van der Waals surface area contributed by atoms with Gasteiger partial charge in [-0.25, -0.2) is 14.4 Å². The number of rotatable bonds is 6. The first-order chi connectivity index (χ1) is 15.5. The van der Waals surface area contributed by atoms with Gasteiger partial charge in [-0.2, -0.15) is 0 Å². The number of nitrogens with one attached hydrogen (secondary N) is 2. The van der Waals surface area contributed by atoms with Crippen molar-refractivity contribution in [3.63, 3.8) is 0 Å². The van der Waals surface area contributed by atoms with E-state index in [0.717, 1.165) is 23.4 Å². The highest BCUT2D eigenvalue weighted by Crippen LogP contribution is 2.21. The lowest BCUT2D eigenvalue weighted by molar-refractivity contribution is -0.127. The molecule has 4 rings (SSSR count). The maximum atomic E-state index is 13.5. The number of carbonyl (C=O) groups is 1. The van der Waals surface area contributed by atoms with Gasteiger partial charge >= 0.3 is 0 Å². The van der Waals surface area contributed by atoms with E-state index in [0.29, 0.717) is 24.6 Å². The normalized spacial score (nSPS) is 20.7. The predicted octanol–water partition coefficient (Wildman–Crippen LogP) is 1.74. The molecule has 2 unspecified atom stereocenters. The average molecular weight is 458 g/mol. The van der Waals surface area contributed by atoms with Crippen molar-refractivity contribution in [3.8, 4) is 0 Å². The van der Waals surface area contributed by atoms with E-state index in [1.165, 1.54) is 24.5 Å². The number of piperidine rings is 1. The van der Waals surface area contributed by atoms with Crippen LogP contribution in [0.25, 0.3) is 12.2 Å². The van der Waals surface area contributed by atoms with Gasteiger partial charge < -0.3 is 20.3 Å². The number of likely N-dealkylation sites (tertiary alicyclic amines) is 1. The summed E-state index contributed by atoms with van der Waals surface area (Å²) in [6.07, 6.45) is 8.35. The molecule has 1 saturated heterocycles. The third kappa shape index (κ3) is 4.82. The average Bonchev–Trinajstić information content (AvgIpc) is 2.81. The molecule has 0 spiro atoms. The molecule has 2 aliphatic rings. The van der Waals surface area contributed by atoms with Gasteiger partial charge in [0.05, 0.1) is 22.5 Å². The molecule has 32 heavy (non-hydrogen) atoms. The number of halogens is 2. The molecule has 0 saturated carbocycles. The minimum atomic E-state index is -0.477. The summed E-state index contributed by atoms with van der Waals surface area (Å²) in [5.74, 6) is 0.0926. The summed E-state index contributed by atoms with van der Waals surface area (Å²) in [7, 11) is 1.67. The third-order valence-corrected chi connectivity index (χ3v) is 6.09. The molecule has 0 radical (unpaired) electrons. The molecular weight excluding hydrogens is 433 g/mol. The van der Waals surface area contributed by atoms with Gasteiger partial charge in [0.25, 0.3) is 0 Å². The zero-order chi connectivity index (χ0) is 22.7. The van der Waals surface area contributed by atoms with Gasteiger partial charge in [-0.15, -0.1) is 0 Å². The monoisotopic (exact) mass is 457 g/mol. The van der Waals surface area contributed by atoms with Gasteiger partial charge in [-0.1, -0.05) is 24.3 Å². The largest absolute Gasteiger partial charge is 0.375 e. The van der Waals surface area contributed by atoms with Crippen LogP contribution in [0.1, 0.15) is 12.8 Å². The minimum Gasteiger partial charge on any atom is -0.375 e. The van der Waals surface area contributed by atoms with E-state index < -0.39 is 5.82 Å².